The summed E-state index contributed by atoms with van der Waals surface area (Å²) >= 11 is 0. The molecule has 0 radical (unpaired) electrons. The molecule has 0 fully saturated rings. The third-order valence-corrected chi connectivity index (χ3v) is 4.45. The Kier molecular flexibility index (Phi) is 3.98. The highest BCUT2D eigenvalue weighted by Gasteiger charge is 2.17. The Hall–Kier alpha value is -2.87. The lowest BCUT2D eigenvalue weighted by Gasteiger charge is -2.05. The van der Waals surface area contributed by atoms with Gasteiger partial charge in [-0.3, -0.25) is 4.98 Å². The molecular weight excluding hydrogens is 318 g/mol. The van der Waals surface area contributed by atoms with Crippen LogP contribution in [0.3, 0.4) is 0 Å². The van der Waals surface area contributed by atoms with Crippen LogP contribution in [0.2, 0.25) is 0 Å². The first-order valence-electron chi connectivity index (χ1n) is 6.62. The third-order valence-electron chi connectivity index (χ3n) is 3.09. The Labute approximate surface area is 133 Å². The molecule has 0 atom stereocenters. The van der Waals surface area contributed by atoms with Crippen molar-refractivity contribution in [3.8, 4) is 17.0 Å². The van der Waals surface area contributed by atoms with Crippen LogP contribution in [0.25, 0.3) is 11.3 Å². The van der Waals surface area contributed by atoms with E-state index in [1.807, 2.05) is 0 Å². The number of nitrogens with zero attached hydrogens (tertiary/aromatic N) is 2. The fraction of sp³-hybridized carbons (Fsp3) is 0.0667. The molecule has 0 amide bonds. The highest BCUT2D eigenvalue weighted by molar-refractivity contribution is 7.92. The van der Waals surface area contributed by atoms with Gasteiger partial charge in [0, 0.05) is 24.0 Å². The van der Waals surface area contributed by atoms with E-state index in [-0.39, 0.29) is 10.8 Å². The summed E-state index contributed by atoms with van der Waals surface area (Å²) < 4.78 is 37.0. The van der Waals surface area contributed by atoms with E-state index in [9.17, 15) is 8.42 Å². The van der Waals surface area contributed by atoms with Crippen LogP contribution < -0.4 is 9.46 Å². The molecule has 0 aliphatic heterocycles. The molecule has 23 heavy (non-hydrogen) atoms. The quantitative estimate of drug-likeness (QED) is 0.772. The number of pyridine rings is 1. The van der Waals surface area contributed by atoms with Gasteiger partial charge in [0.2, 0.25) is 5.88 Å². The maximum Gasteiger partial charge on any atom is 0.264 e. The van der Waals surface area contributed by atoms with Crippen molar-refractivity contribution in [2.75, 3.05) is 11.8 Å². The molecular formula is C15H13N3O4S. The van der Waals surface area contributed by atoms with Gasteiger partial charge in [-0.2, -0.15) is 0 Å². The van der Waals surface area contributed by atoms with Gasteiger partial charge in [0.15, 0.2) is 0 Å². The Morgan fingerprint density at radius 2 is 1.78 bits per heavy atom. The lowest BCUT2D eigenvalue weighted by Crippen LogP contribution is -2.12. The fourth-order valence-electron chi connectivity index (χ4n) is 1.93. The fourth-order valence-corrected chi connectivity index (χ4v) is 2.90. The second-order valence-corrected chi connectivity index (χ2v) is 6.28. The summed E-state index contributed by atoms with van der Waals surface area (Å²) in [5.74, 6) is 0.608. The number of methoxy groups -OCH3 is 1. The monoisotopic (exact) mass is 331 g/mol. The van der Waals surface area contributed by atoms with Gasteiger partial charge in [0.05, 0.1) is 12.0 Å². The molecule has 3 aromatic rings. The molecule has 0 saturated heterocycles. The molecule has 7 nitrogen and oxygen atoms in total. The van der Waals surface area contributed by atoms with Crippen LogP contribution in [0.1, 0.15) is 0 Å². The second-order valence-electron chi connectivity index (χ2n) is 4.59. The van der Waals surface area contributed by atoms with Crippen LogP contribution in [0.4, 0.5) is 5.88 Å². The van der Waals surface area contributed by atoms with E-state index < -0.39 is 10.0 Å². The number of nitrogens with one attached hydrogen (secondary N) is 1. The SMILES string of the molecule is COc1ccc(S(=O)(=O)Nc2cc(-c3ccncc3)no2)cc1. The first kappa shape index (κ1) is 15.0. The van der Waals surface area contributed by atoms with Gasteiger partial charge in [0.25, 0.3) is 10.0 Å². The van der Waals surface area contributed by atoms with E-state index >= 15 is 0 Å². The van der Waals surface area contributed by atoms with Crippen LogP contribution in [0.15, 0.2) is 64.3 Å². The maximum atomic E-state index is 12.3. The van der Waals surface area contributed by atoms with Crippen molar-refractivity contribution in [3.05, 3.63) is 54.9 Å². The van der Waals surface area contributed by atoms with Crippen molar-refractivity contribution in [1.29, 1.82) is 0 Å². The van der Waals surface area contributed by atoms with Crippen LogP contribution in [0.5, 0.6) is 5.75 Å². The molecule has 3 rings (SSSR count). The van der Waals surface area contributed by atoms with E-state index in [0.717, 1.165) is 5.56 Å². The van der Waals surface area contributed by atoms with Gasteiger partial charge < -0.3 is 9.26 Å². The molecule has 0 aliphatic rings. The highest BCUT2D eigenvalue weighted by atomic mass is 32.2. The topological polar surface area (TPSA) is 94.3 Å². The van der Waals surface area contributed by atoms with Crippen molar-refractivity contribution in [2.45, 2.75) is 4.90 Å². The zero-order valence-electron chi connectivity index (χ0n) is 12.1. The van der Waals surface area contributed by atoms with Gasteiger partial charge in [-0.05, 0) is 36.4 Å². The summed E-state index contributed by atoms with van der Waals surface area (Å²) in [5, 5.41) is 3.84. The number of benzene rings is 1. The van der Waals surface area contributed by atoms with Crippen LogP contribution in [0, 0.1) is 0 Å². The van der Waals surface area contributed by atoms with E-state index in [2.05, 4.69) is 14.9 Å². The van der Waals surface area contributed by atoms with Gasteiger partial charge in [-0.1, -0.05) is 5.16 Å². The van der Waals surface area contributed by atoms with Crippen LogP contribution in [-0.4, -0.2) is 25.7 Å². The Morgan fingerprint density at radius 3 is 2.43 bits per heavy atom. The minimum absolute atomic E-state index is 0.0348. The van der Waals surface area contributed by atoms with Crippen LogP contribution in [-0.2, 0) is 10.0 Å². The number of ether oxygens (including phenoxy) is 1. The lowest BCUT2D eigenvalue weighted by atomic mass is 10.2. The van der Waals surface area contributed by atoms with Crippen LogP contribution >= 0.6 is 0 Å². The molecule has 0 unspecified atom stereocenters. The van der Waals surface area contributed by atoms with Gasteiger partial charge >= 0.3 is 0 Å². The maximum absolute atomic E-state index is 12.3. The molecule has 118 valence electrons. The number of hydrogen-bond acceptors (Lipinski definition) is 6. The van der Waals surface area contributed by atoms with E-state index in [1.165, 1.54) is 25.3 Å². The summed E-state index contributed by atoms with van der Waals surface area (Å²) in [4.78, 5) is 4.01. The summed E-state index contributed by atoms with van der Waals surface area (Å²) in [6, 6.07) is 11.0. The van der Waals surface area contributed by atoms with Gasteiger partial charge in [-0.15, -0.1) is 0 Å². The average molecular weight is 331 g/mol. The number of aromatic nitrogens is 2. The number of anilines is 1. The Morgan fingerprint density at radius 1 is 1.09 bits per heavy atom. The summed E-state index contributed by atoms with van der Waals surface area (Å²) in [7, 11) is -2.25. The Bertz CT molecular complexity index is 890. The third kappa shape index (κ3) is 3.32. The van der Waals surface area contributed by atoms with Crippen molar-refractivity contribution < 1.29 is 17.7 Å². The largest absolute Gasteiger partial charge is 0.497 e. The molecule has 2 heterocycles. The summed E-state index contributed by atoms with van der Waals surface area (Å²) in [6.45, 7) is 0. The zero-order valence-corrected chi connectivity index (χ0v) is 12.9. The molecule has 2 aromatic heterocycles. The normalized spacial score (nSPS) is 11.2. The van der Waals surface area contributed by atoms with Crippen molar-refractivity contribution in [2.24, 2.45) is 0 Å². The molecule has 0 bridgehead atoms. The molecule has 1 N–H and O–H groups in total. The molecule has 0 aliphatic carbocycles. The minimum atomic E-state index is -3.76. The van der Waals surface area contributed by atoms with Crippen molar-refractivity contribution in [3.63, 3.8) is 0 Å². The predicted octanol–water partition coefficient (Wildman–Crippen LogP) is 2.55. The van der Waals surface area contributed by atoms with Crippen molar-refractivity contribution in [1.82, 2.24) is 10.1 Å². The minimum Gasteiger partial charge on any atom is -0.497 e. The van der Waals surface area contributed by atoms with E-state index in [4.69, 9.17) is 9.26 Å². The van der Waals surface area contributed by atoms with E-state index in [0.29, 0.717) is 11.4 Å². The van der Waals surface area contributed by atoms with Crippen molar-refractivity contribution >= 4 is 15.9 Å². The second kappa shape index (κ2) is 6.09. The first-order chi connectivity index (χ1) is 11.1. The number of hydrogen-bond donors (Lipinski definition) is 1. The summed E-state index contributed by atoms with van der Waals surface area (Å²) in [5.41, 5.74) is 1.29. The highest BCUT2D eigenvalue weighted by Crippen LogP contribution is 2.23. The number of sulfonamides is 1. The molecule has 8 heteroatoms. The summed E-state index contributed by atoms with van der Waals surface area (Å²) in [6.07, 6.45) is 3.23. The smallest absolute Gasteiger partial charge is 0.264 e. The molecule has 1 aromatic carbocycles. The lowest BCUT2D eigenvalue weighted by molar-refractivity contribution is 0.414. The Balaban J connectivity index is 1.82. The average Bonchev–Trinajstić information content (AvgIpc) is 3.03. The molecule has 0 spiro atoms. The number of rotatable bonds is 5. The zero-order chi connectivity index (χ0) is 16.3. The van der Waals surface area contributed by atoms with Gasteiger partial charge in [-0.25, -0.2) is 13.1 Å². The first-order valence-corrected chi connectivity index (χ1v) is 8.11. The van der Waals surface area contributed by atoms with Gasteiger partial charge in [0.1, 0.15) is 11.4 Å². The molecule has 0 saturated carbocycles. The predicted molar refractivity (Wildman–Crippen MR) is 83.5 cm³/mol. The standard InChI is InChI=1S/C15H13N3O4S/c1-21-12-2-4-13(5-3-12)23(19,20)18-15-10-14(17-22-15)11-6-8-16-9-7-11/h2-10,18H,1H3. The van der Waals surface area contributed by atoms with E-state index in [1.54, 1.807) is 36.7 Å².